The minimum Gasteiger partial charge on any atom is -0.382 e. The molecule has 1 fully saturated rings. The maximum atomic E-state index is 5.72. The Morgan fingerprint density at radius 3 is 3.27 bits per heavy atom. The van der Waals surface area contributed by atoms with Crippen molar-refractivity contribution < 1.29 is 4.74 Å². The normalized spacial score (nSPS) is 20.4. The monoisotopic (exact) mass is 207 g/mol. The number of pyridine rings is 1. The van der Waals surface area contributed by atoms with Crippen molar-refractivity contribution in [3.8, 4) is 0 Å². The van der Waals surface area contributed by atoms with E-state index in [1.54, 1.807) is 6.20 Å². The predicted molar refractivity (Wildman–Crippen MR) is 60.7 cm³/mol. The number of nitrogens with two attached hydrogens (primary N) is 1. The van der Waals surface area contributed by atoms with Crippen molar-refractivity contribution in [1.82, 2.24) is 4.98 Å². The molecule has 0 saturated carbocycles. The summed E-state index contributed by atoms with van der Waals surface area (Å²) in [5.74, 6) is 1.27. The topological polar surface area (TPSA) is 60.2 Å². The summed E-state index contributed by atoms with van der Waals surface area (Å²) in [5.41, 5.74) is 6.64. The Balaban J connectivity index is 1.75. The smallest absolute Gasteiger partial charge is 0.146 e. The zero-order chi connectivity index (χ0) is 10.5. The van der Waals surface area contributed by atoms with Gasteiger partial charge in [0, 0.05) is 26.0 Å². The van der Waals surface area contributed by atoms with Gasteiger partial charge in [0.15, 0.2) is 0 Å². The summed E-state index contributed by atoms with van der Waals surface area (Å²) in [4.78, 5) is 4.02. The highest BCUT2D eigenvalue weighted by Gasteiger charge is 2.14. The van der Waals surface area contributed by atoms with Crippen LogP contribution in [0.4, 0.5) is 11.5 Å². The number of nitrogens with one attached hydrogen (secondary N) is 1. The van der Waals surface area contributed by atoms with Crippen LogP contribution in [0.25, 0.3) is 0 Å². The molecule has 0 radical (unpaired) electrons. The van der Waals surface area contributed by atoms with Gasteiger partial charge in [0.05, 0.1) is 5.69 Å². The molecule has 82 valence electrons. The summed E-state index contributed by atoms with van der Waals surface area (Å²) in [7, 11) is 0. The van der Waals surface area contributed by atoms with E-state index in [4.69, 9.17) is 10.5 Å². The lowest BCUT2D eigenvalue weighted by Gasteiger charge is -2.10. The first kappa shape index (κ1) is 10.2. The van der Waals surface area contributed by atoms with E-state index in [1.807, 2.05) is 12.1 Å². The van der Waals surface area contributed by atoms with Crippen LogP contribution < -0.4 is 11.1 Å². The van der Waals surface area contributed by atoms with Crippen LogP contribution in [0.5, 0.6) is 0 Å². The highest BCUT2D eigenvalue weighted by atomic mass is 16.5. The SMILES string of the molecule is Nc1ncccc1NCCC1CCOC1. The minimum absolute atomic E-state index is 0.570. The molecule has 3 N–H and O–H groups in total. The Labute approximate surface area is 89.8 Å². The molecular formula is C11H17N3O. The van der Waals surface area contributed by atoms with Crippen LogP contribution >= 0.6 is 0 Å². The van der Waals surface area contributed by atoms with Crippen molar-refractivity contribution in [2.45, 2.75) is 12.8 Å². The summed E-state index contributed by atoms with van der Waals surface area (Å²) in [6.45, 7) is 2.76. The Bertz CT molecular complexity index is 310. The van der Waals surface area contributed by atoms with Gasteiger partial charge in [-0.2, -0.15) is 0 Å². The number of hydrogen-bond acceptors (Lipinski definition) is 4. The zero-order valence-corrected chi connectivity index (χ0v) is 8.78. The molecule has 1 aromatic rings. The van der Waals surface area contributed by atoms with Crippen LogP contribution in [-0.4, -0.2) is 24.7 Å². The van der Waals surface area contributed by atoms with Crippen molar-refractivity contribution in [2.75, 3.05) is 30.8 Å². The maximum absolute atomic E-state index is 5.72. The fourth-order valence-electron chi connectivity index (χ4n) is 1.79. The van der Waals surface area contributed by atoms with E-state index in [0.717, 1.165) is 31.9 Å². The largest absolute Gasteiger partial charge is 0.382 e. The second-order valence-corrected chi connectivity index (χ2v) is 3.88. The van der Waals surface area contributed by atoms with E-state index >= 15 is 0 Å². The second-order valence-electron chi connectivity index (χ2n) is 3.88. The number of aromatic nitrogens is 1. The van der Waals surface area contributed by atoms with Gasteiger partial charge in [-0.1, -0.05) is 0 Å². The summed E-state index contributed by atoms with van der Waals surface area (Å²) in [6, 6.07) is 3.84. The Morgan fingerprint density at radius 2 is 2.53 bits per heavy atom. The number of nitrogen functional groups attached to an aromatic ring is 1. The average Bonchev–Trinajstić information content (AvgIpc) is 2.74. The Hall–Kier alpha value is -1.29. The molecule has 0 aliphatic carbocycles. The molecule has 0 amide bonds. The molecule has 0 bridgehead atoms. The molecule has 0 aromatic carbocycles. The second kappa shape index (κ2) is 4.98. The van der Waals surface area contributed by atoms with E-state index in [9.17, 15) is 0 Å². The van der Waals surface area contributed by atoms with Gasteiger partial charge in [0.2, 0.25) is 0 Å². The van der Waals surface area contributed by atoms with E-state index in [2.05, 4.69) is 10.3 Å². The van der Waals surface area contributed by atoms with Crippen LogP contribution in [0.2, 0.25) is 0 Å². The van der Waals surface area contributed by atoms with Gasteiger partial charge < -0.3 is 15.8 Å². The van der Waals surface area contributed by atoms with Crippen molar-refractivity contribution in [1.29, 1.82) is 0 Å². The van der Waals surface area contributed by atoms with E-state index in [1.165, 1.54) is 6.42 Å². The quantitative estimate of drug-likeness (QED) is 0.785. The first-order valence-corrected chi connectivity index (χ1v) is 5.38. The molecule has 1 aliphatic heterocycles. The fourth-order valence-corrected chi connectivity index (χ4v) is 1.79. The summed E-state index contributed by atoms with van der Waals surface area (Å²) in [5, 5.41) is 3.30. The summed E-state index contributed by atoms with van der Waals surface area (Å²) >= 11 is 0. The van der Waals surface area contributed by atoms with E-state index in [-0.39, 0.29) is 0 Å². The van der Waals surface area contributed by atoms with Gasteiger partial charge >= 0.3 is 0 Å². The maximum Gasteiger partial charge on any atom is 0.146 e. The van der Waals surface area contributed by atoms with Crippen molar-refractivity contribution in [3.05, 3.63) is 18.3 Å². The van der Waals surface area contributed by atoms with Gasteiger partial charge in [0.1, 0.15) is 5.82 Å². The van der Waals surface area contributed by atoms with E-state index in [0.29, 0.717) is 11.7 Å². The van der Waals surface area contributed by atoms with E-state index < -0.39 is 0 Å². The molecule has 1 unspecified atom stereocenters. The molecule has 1 aliphatic rings. The minimum atomic E-state index is 0.570. The fraction of sp³-hybridized carbons (Fsp3) is 0.545. The molecule has 2 heterocycles. The van der Waals surface area contributed by atoms with Crippen LogP contribution in [0.1, 0.15) is 12.8 Å². The molecule has 1 saturated heterocycles. The molecule has 15 heavy (non-hydrogen) atoms. The van der Waals surface area contributed by atoms with Gasteiger partial charge in [-0.15, -0.1) is 0 Å². The lowest BCUT2D eigenvalue weighted by molar-refractivity contribution is 0.185. The molecule has 4 heteroatoms. The molecule has 1 atom stereocenters. The van der Waals surface area contributed by atoms with Gasteiger partial charge in [0.25, 0.3) is 0 Å². The Kier molecular flexibility index (Phi) is 3.40. The lowest BCUT2D eigenvalue weighted by Crippen LogP contribution is -2.10. The number of anilines is 2. The highest BCUT2D eigenvalue weighted by molar-refractivity contribution is 5.60. The number of ether oxygens (including phenoxy) is 1. The lowest BCUT2D eigenvalue weighted by atomic mass is 10.1. The van der Waals surface area contributed by atoms with Crippen LogP contribution in [0.15, 0.2) is 18.3 Å². The standard InChI is InChI=1S/C11H17N3O/c12-11-10(2-1-5-14-11)13-6-3-9-4-7-15-8-9/h1-2,5,9,13H,3-4,6-8H2,(H2,12,14). The average molecular weight is 207 g/mol. The van der Waals surface area contributed by atoms with Crippen LogP contribution in [-0.2, 0) is 4.74 Å². The third-order valence-electron chi connectivity index (χ3n) is 2.73. The van der Waals surface area contributed by atoms with Crippen molar-refractivity contribution >= 4 is 11.5 Å². The Morgan fingerprint density at radius 1 is 1.60 bits per heavy atom. The summed E-state index contributed by atoms with van der Waals surface area (Å²) in [6.07, 6.45) is 4.02. The number of hydrogen-bond donors (Lipinski definition) is 2. The molecule has 2 rings (SSSR count). The predicted octanol–water partition coefficient (Wildman–Crippen LogP) is 1.50. The number of rotatable bonds is 4. The molecule has 4 nitrogen and oxygen atoms in total. The van der Waals surface area contributed by atoms with Crippen molar-refractivity contribution in [3.63, 3.8) is 0 Å². The number of nitrogens with zero attached hydrogens (tertiary/aromatic N) is 1. The van der Waals surface area contributed by atoms with Gasteiger partial charge in [-0.25, -0.2) is 4.98 Å². The molecular weight excluding hydrogens is 190 g/mol. The summed E-state index contributed by atoms with van der Waals surface area (Å²) < 4.78 is 5.32. The third kappa shape index (κ3) is 2.83. The highest BCUT2D eigenvalue weighted by Crippen LogP contribution is 2.18. The first-order chi connectivity index (χ1) is 7.36. The van der Waals surface area contributed by atoms with Gasteiger partial charge in [-0.05, 0) is 30.9 Å². The molecule has 1 aromatic heterocycles. The first-order valence-electron chi connectivity index (χ1n) is 5.38. The van der Waals surface area contributed by atoms with Crippen LogP contribution in [0.3, 0.4) is 0 Å². The van der Waals surface area contributed by atoms with Gasteiger partial charge in [-0.3, -0.25) is 0 Å². The zero-order valence-electron chi connectivity index (χ0n) is 8.78. The van der Waals surface area contributed by atoms with Crippen molar-refractivity contribution in [2.24, 2.45) is 5.92 Å². The molecule has 0 spiro atoms. The third-order valence-corrected chi connectivity index (χ3v) is 2.73. The van der Waals surface area contributed by atoms with Crippen LogP contribution in [0, 0.1) is 5.92 Å².